The topological polar surface area (TPSA) is 97.3 Å². The van der Waals surface area contributed by atoms with Crippen molar-refractivity contribution in [3.05, 3.63) is 54.1 Å². The summed E-state index contributed by atoms with van der Waals surface area (Å²) in [5.41, 5.74) is 1.57. The van der Waals surface area contributed by atoms with Gasteiger partial charge in [-0.25, -0.2) is 9.79 Å². The Bertz CT molecular complexity index is 989. The van der Waals surface area contributed by atoms with Gasteiger partial charge < -0.3 is 14.8 Å². The van der Waals surface area contributed by atoms with E-state index in [1.165, 1.54) is 18.9 Å². The minimum atomic E-state index is -0.618. The fourth-order valence-electron chi connectivity index (χ4n) is 2.95. The lowest BCUT2D eigenvalue weighted by Gasteiger charge is -2.30. The average molecular weight is 442 g/mol. The number of carbonyl (C=O) groups is 3. The van der Waals surface area contributed by atoms with Crippen LogP contribution in [0.25, 0.3) is 0 Å². The van der Waals surface area contributed by atoms with Crippen molar-refractivity contribution in [3.63, 3.8) is 0 Å². The number of esters is 1. The number of hydrogen-bond acceptors (Lipinski definition) is 7. The van der Waals surface area contributed by atoms with Crippen LogP contribution in [0, 0.1) is 0 Å². The summed E-state index contributed by atoms with van der Waals surface area (Å²) < 4.78 is 9.82. The number of methoxy groups -OCH3 is 2. The lowest BCUT2D eigenvalue weighted by atomic mass is 10.2. The number of benzene rings is 2. The van der Waals surface area contributed by atoms with E-state index in [0.29, 0.717) is 34.4 Å². The van der Waals surface area contributed by atoms with Gasteiger partial charge in [0.15, 0.2) is 5.17 Å². The molecular weight excluding hydrogens is 418 g/mol. The molecule has 0 bridgehead atoms. The fourth-order valence-corrected chi connectivity index (χ4v) is 4.11. The van der Waals surface area contributed by atoms with E-state index in [2.05, 4.69) is 15.0 Å². The van der Waals surface area contributed by atoms with Crippen LogP contribution < -0.4 is 10.1 Å². The maximum Gasteiger partial charge on any atom is 0.337 e. The quantitative estimate of drug-likeness (QED) is 0.690. The molecule has 3 rings (SSSR count). The largest absolute Gasteiger partial charge is 0.497 e. The van der Waals surface area contributed by atoms with Crippen LogP contribution in [-0.2, 0) is 14.3 Å². The van der Waals surface area contributed by atoms with Crippen molar-refractivity contribution < 1.29 is 23.9 Å². The maximum absolute atomic E-state index is 12.8. The Kier molecular flexibility index (Phi) is 7.30. The minimum absolute atomic E-state index is 0.0756. The van der Waals surface area contributed by atoms with E-state index in [0.717, 1.165) is 0 Å². The van der Waals surface area contributed by atoms with Gasteiger partial charge in [-0.3, -0.25) is 14.5 Å². The Labute approximate surface area is 184 Å². The monoisotopic (exact) mass is 441 g/mol. The highest BCUT2D eigenvalue weighted by molar-refractivity contribution is 8.15. The number of hydrogen-bond donors (Lipinski definition) is 1. The third-order valence-electron chi connectivity index (χ3n) is 4.62. The van der Waals surface area contributed by atoms with Crippen LogP contribution in [0.3, 0.4) is 0 Å². The predicted molar refractivity (Wildman–Crippen MR) is 120 cm³/mol. The van der Waals surface area contributed by atoms with Crippen molar-refractivity contribution in [3.8, 4) is 5.75 Å². The first-order valence-corrected chi connectivity index (χ1v) is 10.5. The van der Waals surface area contributed by atoms with Crippen LogP contribution in [0.5, 0.6) is 5.75 Å². The van der Waals surface area contributed by atoms with E-state index >= 15 is 0 Å². The highest BCUT2D eigenvalue weighted by Gasteiger charge is 2.35. The lowest BCUT2D eigenvalue weighted by Crippen LogP contribution is -2.45. The van der Waals surface area contributed by atoms with Gasteiger partial charge in [0.25, 0.3) is 0 Å². The Balaban J connectivity index is 1.75. The number of nitrogens with one attached hydrogen (secondary N) is 1. The summed E-state index contributed by atoms with van der Waals surface area (Å²) in [7, 11) is 2.89. The van der Waals surface area contributed by atoms with Gasteiger partial charge in [0.05, 0.1) is 25.5 Å². The van der Waals surface area contributed by atoms with Gasteiger partial charge >= 0.3 is 5.97 Å². The second kappa shape index (κ2) is 10.1. The van der Waals surface area contributed by atoms with E-state index < -0.39 is 11.2 Å². The molecule has 8 nitrogen and oxygen atoms in total. The van der Waals surface area contributed by atoms with E-state index in [-0.39, 0.29) is 18.2 Å². The van der Waals surface area contributed by atoms with E-state index in [1.54, 1.807) is 60.5 Å². The Morgan fingerprint density at radius 3 is 2.39 bits per heavy atom. The summed E-state index contributed by atoms with van der Waals surface area (Å²) in [6.45, 7) is 2.33. The number of carbonyl (C=O) groups excluding carboxylic acids is 3. The van der Waals surface area contributed by atoms with Crippen LogP contribution in [0.2, 0.25) is 0 Å². The predicted octanol–water partition coefficient (Wildman–Crippen LogP) is 3.46. The van der Waals surface area contributed by atoms with Crippen molar-refractivity contribution in [2.45, 2.75) is 18.6 Å². The second-order valence-electron chi connectivity index (χ2n) is 6.60. The molecule has 0 saturated carbocycles. The third-order valence-corrected chi connectivity index (χ3v) is 5.81. The Morgan fingerprint density at radius 2 is 1.81 bits per heavy atom. The summed E-state index contributed by atoms with van der Waals surface area (Å²) in [6.07, 6.45) is 0.0756. The minimum Gasteiger partial charge on any atom is -0.497 e. The van der Waals surface area contributed by atoms with Gasteiger partial charge in [-0.2, -0.15) is 0 Å². The maximum atomic E-state index is 12.8. The molecule has 9 heteroatoms. The zero-order valence-electron chi connectivity index (χ0n) is 17.5. The molecule has 0 aliphatic carbocycles. The second-order valence-corrected chi connectivity index (χ2v) is 7.77. The Hall–Kier alpha value is -3.33. The molecule has 0 aromatic heterocycles. The van der Waals surface area contributed by atoms with Gasteiger partial charge in [-0.1, -0.05) is 11.8 Å². The van der Waals surface area contributed by atoms with E-state index in [9.17, 15) is 14.4 Å². The molecular formula is C22H23N3O5S. The Morgan fingerprint density at radius 1 is 1.13 bits per heavy atom. The summed E-state index contributed by atoms with van der Waals surface area (Å²) in [6, 6.07) is 13.5. The van der Waals surface area contributed by atoms with E-state index in [1.807, 2.05) is 6.92 Å². The summed E-state index contributed by atoms with van der Waals surface area (Å²) in [4.78, 5) is 43.1. The number of rotatable bonds is 6. The number of ether oxygens (including phenoxy) is 2. The molecule has 2 aromatic carbocycles. The molecule has 1 aliphatic rings. The van der Waals surface area contributed by atoms with Crippen LogP contribution in [0.4, 0.5) is 11.4 Å². The molecule has 1 fully saturated rings. The normalized spacial score (nSPS) is 17.4. The molecule has 1 saturated heterocycles. The molecule has 1 atom stereocenters. The van der Waals surface area contributed by atoms with Crippen LogP contribution in [0.1, 0.15) is 23.7 Å². The number of thioether (sulfide) groups is 1. The first kappa shape index (κ1) is 22.4. The molecule has 1 heterocycles. The van der Waals surface area contributed by atoms with Gasteiger partial charge in [-0.05, 0) is 55.5 Å². The van der Waals surface area contributed by atoms with Gasteiger partial charge in [-0.15, -0.1) is 0 Å². The summed E-state index contributed by atoms with van der Waals surface area (Å²) in [5.74, 6) is -0.207. The standard InChI is InChI=1S/C22H23N3O5S/c1-4-25-19(26)13-18(31-22(25)24-16-9-11-17(29-2)12-10-16)20(27)23-15-7-5-14(6-8-15)21(28)30-3/h5-12,18H,4,13H2,1-3H3,(H,23,27)/t18-/m1/s1. The van der Waals surface area contributed by atoms with Crippen molar-refractivity contribution in [1.29, 1.82) is 0 Å². The van der Waals surface area contributed by atoms with Crippen molar-refractivity contribution in [2.24, 2.45) is 4.99 Å². The number of amides is 2. The smallest absolute Gasteiger partial charge is 0.337 e. The SMILES string of the molecule is CCN1C(=O)C[C@H](C(=O)Nc2ccc(C(=O)OC)cc2)SC1=Nc1ccc(OC)cc1. The molecule has 2 aromatic rings. The summed E-state index contributed by atoms with van der Waals surface area (Å²) >= 11 is 1.25. The highest BCUT2D eigenvalue weighted by Crippen LogP contribution is 2.30. The first-order chi connectivity index (χ1) is 14.9. The van der Waals surface area contributed by atoms with Gasteiger partial charge in [0.1, 0.15) is 11.0 Å². The van der Waals surface area contributed by atoms with Crippen LogP contribution in [0.15, 0.2) is 53.5 Å². The van der Waals surface area contributed by atoms with Crippen LogP contribution in [-0.4, -0.2) is 53.9 Å². The molecule has 31 heavy (non-hydrogen) atoms. The number of amidine groups is 1. The summed E-state index contributed by atoms with van der Waals surface area (Å²) in [5, 5.41) is 2.65. The van der Waals surface area contributed by atoms with Crippen LogP contribution >= 0.6 is 11.8 Å². The zero-order valence-corrected chi connectivity index (χ0v) is 18.3. The molecule has 1 aliphatic heterocycles. The van der Waals surface area contributed by atoms with Crippen molar-refractivity contribution in [2.75, 3.05) is 26.1 Å². The molecule has 0 unspecified atom stereocenters. The fraction of sp³-hybridized carbons (Fsp3) is 0.273. The molecule has 162 valence electrons. The lowest BCUT2D eigenvalue weighted by molar-refractivity contribution is -0.129. The molecule has 0 spiro atoms. The number of anilines is 1. The first-order valence-electron chi connectivity index (χ1n) is 9.64. The van der Waals surface area contributed by atoms with Crippen molar-refractivity contribution in [1.82, 2.24) is 4.90 Å². The third kappa shape index (κ3) is 5.43. The average Bonchev–Trinajstić information content (AvgIpc) is 2.79. The molecule has 0 radical (unpaired) electrons. The number of nitrogens with zero attached hydrogens (tertiary/aromatic N) is 2. The van der Waals surface area contributed by atoms with Gasteiger partial charge in [0.2, 0.25) is 11.8 Å². The van der Waals surface area contributed by atoms with Crippen molar-refractivity contribution >= 4 is 46.1 Å². The van der Waals surface area contributed by atoms with E-state index in [4.69, 9.17) is 4.74 Å². The number of aliphatic imine (C=N–C) groups is 1. The zero-order chi connectivity index (χ0) is 22.4. The highest BCUT2D eigenvalue weighted by atomic mass is 32.2. The molecule has 2 amide bonds. The molecule has 1 N–H and O–H groups in total. The van der Waals surface area contributed by atoms with Gasteiger partial charge in [0, 0.05) is 18.7 Å².